The number of hydrogen-bond acceptors (Lipinski definition) is 5. The zero-order valence-corrected chi connectivity index (χ0v) is 15.6. The van der Waals surface area contributed by atoms with Crippen LogP contribution in [-0.4, -0.2) is 38.8 Å². The Morgan fingerprint density at radius 1 is 1.40 bits per heavy atom. The van der Waals surface area contributed by atoms with Crippen LogP contribution in [-0.2, 0) is 0 Å². The Bertz CT molecular complexity index is 574. The molecule has 1 heterocycles. The molecule has 7 heteroatoms. The first-order chi connectivity index (χ1) is 11.9. The highest BCUT2D eigenvalue weighted by molar-refractivity contribution is 5.74. The summed E-state index contributed by atoms with van der Waals surface area (Å²) in [6, 6.07) is -0.0217. The molecule has 0 aliphatic carbocycles. The molecule has 1 atom stereocenters. The number of amides is 2. The number of likely N-dealkylation sites (N-methyl/N-ethyl adjacent to an activating group) is 1. The monoisotopic (exact) mass is 348 g/mol. The molecule has 0 saturated carbocycles. The summed E-state index contributed by atoms with van der Waals surface area (Å²) in [4.78, 5) is 11.8. The minimum Gasteiger partial charge on any atom is -0.404 e. The molecule has 140 valence electrons. The van der Waals surface area contributed by atoms with Gasteiger partial charge in [0.1, 0.15) is 0 Å². The van der Waals surface area contributed by atoms with Crippen LogP contribution in [0.5, 0.6) is 0 Å². The highest BCUT2D eigenvalue weighted by Gasteiger charge is 2.13. The summed E-state index contributed by atoms with van der Waals surface area (Å²) in [7, 11) is 1.86. The number of rotatable bonds is 8. The molecule has 1 unspecified atom stereocenters. The molecule has 0 aromatic rings. The largest absolute Gasteiger partial charge is 0.404 e. The molecule has 0 saturated heterocycles. The highest BCUT2D eigenvalue weighted by atomic mass is 16.2. The molecule has 0 radical (unpaired) electrons. The van der Waals surface area contributed by atoms with Crippen molar-refractivity contribution >= 4 is 6.03 Å². The van der Waals surface area contributed by atoms with Crippen molar-refractivity contribution in [3.05, 3.63) is 47.0 Å². The van der Waals surface area contributed by atoms with Gasteiger partial charge in [0.05, 0.1) is 11.4 Å². The average Bonchev–Trinajstić information content (AvgIpc) is 2.60. The van der Waals surface area contributed by atoms with Gasteiger partial charge in [0.25, 0.3) is 0 Å². The summed E-state index contributed by atoms with van der Waals surface area (Å²) in [6.45, 7) is 7.65. The van der Waals surface area contributed by atoms with Crippen LogP contribution in [0.15, 0.2) is 47.0 Å². The molecule has 1 aliphatic heterocycles. The van der Waals surface area contributed by atoms with Crippen LogP contribution in [0, 0.1) is 5.92 Å². The Balaban J connectivity index is 2.63. The van der Waals surface area contributed by atoms with E-state index in [4.69, 9.17) is 11.5 Å². The lowest BCUT2D eigenvalue weighted by Gasteiger charge is -2.21. The lowest BCUT2D eigenvalue weighted by atomic mass is 10.0. The fourth-order valence-electron chi connectivity index (χ4n) is 2.21. The van der Waals surface area contributed by atoms with Gasteiger partial charge in [-0.2, -0.15) is 0 Å². The van der Waals surface area contributed by atoms with Crippen LogP contribution in [0.2, 0.25) is 0 Å². The van der Waals surface area contributed by atoms with Gasteiger partial charge in [-0.3, -0.25) is 0 Å². The summed E-state index contributed by atoms with van der Waals surface area (Å²) in [6.07, 6.45) is 7.43. The molecule has 1 aliphatic rings. The maximum absolute atomic E-state index is 11.8. The molecular formula is C18H32N6O. The van der Waals surface area contributed by atoms with E-state index in [9.17, 15) is 4.79 Å². The van der Waals surface area contributed by atoms with Crippen molar-refractivity contribution in [3.63, 3.8) is 0 Å². The van der Waals surface area contributed by atoms with E-state index in [1.54, 1.807) is 6.20 Å². The van der Waals surface area contributed by atoms with Gasteiger partial charge in [-0.15, -0.1) is 0 Å². The third kappa shape index (κ3) is 6.54. The summed E-state index contributed by atoms with van der Waals surface area (Å²) in [5.74, 6) is 0.401. The number of nitrogens with two attached hydrogens (primary N) is 2. The third-order valence-electron chi connectivity index (χ3n) is 4.20. The third-order valence-corrected chi connectivity index (χ3v) is 4.20. The van der Waals surface area contributed by atoms with Crippen molar-refractivity contribution in [1.82, 2.24) is 21.3 Å². The van der Waals surface area contributed by atoms with E-state index in [2.05, 4.69) is 35.1 Å². The van der Waals surface area contributed by atoms with Crippen molar-refractivity contribution in [2.45, 2.75) is 26.8 Å². The van der Waals surface area contributed by atoms with Crippen LogP contribution in [0.4, 0.5) is 4.79 Å². The molecule has 0 fully saturated rings. The number of dihydropyridines is 1. The fourth-order valence-corrected chi connectivity index (χ4v) is 2.21. The lowest BCUT2D eigenvalue weighted by Crippen LogP contribution is -2.42. The minimum atomic E-state index is -0.159. The summed E-state index contributed by atoms with van der Waals surface area (Å²) < 4.78 is 0. The summed E-state index contributed by atoms with van der Waals surface area (Å²) >= 11 is 0. The van der Waals surface area contributed by atoms with Gasteiger partial charge in [-0.25, -0.2) is 4.79 Å². The topological polar surface area (TPSA) is 117 Å². The van der Waals surface area contributed by atoms with Crippen molar-refractivity contribution in [1.29, 1.82) is 0 Å². The van der Waals surface area contributed by atoms with Gasteiger partial charge in [-0.05, 0) is 42.3 Å². The zero-order chi connectivity index (χ0) is 18.8. The van der Waals surface area contributed by atoms with E-state index >= 15 is 0 Å². The van der Waals surface area contributed by atoms with E-state index in [1.807, 2.05) is 32.2 Å². The van der Waals surface area contributed by atoms with Crippen molar-refractivity contribution in [2.75, 3.05) is 26.7 Å². The number of allylic oxidation sites excluding steroid dienone is 2. The van der Waals surface area contributed by atoms with E-state index in [0.717, 1.165) is 22.5 Å². The minimum absolute atomic E-state index is 0.137. The first kappa shape index (κ1) is 20.6. The fraction of sp³-hybridized carbons (Fsp3) is 0.500. The molecule has 0 aromatic carbocycles. The number of carbonyl (C=O) groups excluding carboxylic acids is 1. The number of carbonyl (C=O) groups is 1. The van der Waals surface area contributed by atoms with Crippen LogP contribution in [0.3, 0.4) is 0 Å². The zero-order valence-electron chi connectivity index (χ0n) is 15.6. The second-order valence-corrected chi connectivity index (χ2v) is 6.29. The van der Waals surface area contributed by atoms with E-state index < -0.39 is 0 Å². The Kier molecular flexibility index (Phi) is 8.63. The first-order valence-corrected chi connectivity index (χ1v) is 8.61. The molecule has 8 N–H and O–H groups in total. The number of hydrogen-bond donors (Lipinski definition) is 6. The summed E-state index contributed by atoms with van der Waals surface area (Å²) in [5.41, 5.74) is 15.2. The molecule has 0 spiro atoms. The Morgan fingerprint density at radius 2 is 2.12 bits per heavy atom. The van der Waals surface area contributed by atoms with Gasteiger partial charge in [0.2, 0.25) is 0 Å². The van der Waals surface area contributed by atoms with E-state index in [-0.39, 0.29) is 12.1 Å². The maximum Gasteiger partial charge on any atom is 0.315 e. The molecule has 0 bridgehead atoms. The van der Waals surface area contributed by atoms with Crippen molar-refractivity contribution in [3.8, 4) is 0 Å². The van der Waals surface area contributed by atoms with Gasteiger partial charge in [0.15, 0.2) is 0 Å². The Hall–Kier alpha value is -2.41. The Morgan fingerprint density at radius 3 is 2.68 bits per heavy atom. The summed E-state index contributed by atoms with van der Waals surface area (Å²) in [5, 5.41) is 12.2. The Labute approximate surface area is 150 Å². The molecule has 7 nitrogen and oxygen atoms in total. The molecular weight excluding hydrogens is 316 g/mol. The molecule has 2 amide bonds. The number of nitrogens with one attached hydrogen (secondary N) is 4. The van der Waals surface area contributed by atoms with Crippen molar-refractivity contribution in [2.24, 2.45) is 17.4 Å². The normalized spacial score (nSPS) is 16.6. The quantitative estimate of drug-likeness (QED) is 0.385. The van der Waals surface area contributed by atoms with Crippen LogP contribution in [0.25, 0.3) is 0 Å². The van der Waals surface area contributed by atoms with Crippen LogP contribution in [0.1, 0.15) is 20.8 Å². The van der Waals surface area contributed by atoms with Crippen molar-refractivity contribution < 1.29 is 4.79 Å². The maximum atomic E-state index is 11.8. The van der Waals surface area contributed by atoms with Crippen LogP contribution < -0.4 is 32.7 Å². The average molecular weight is 348 g/mol. The van der Waals surface area contributed by atoms with Gasteiger partial charge >= 0.3 is 6.03 Å². The first-order valence-electron chi connectivity index (χ1n) is 8.61. The van der Waals surface area contributed by atoms with Gasteiger partial charge < -0.3 is 32.7 Å². The van der Waals surface area contributed by atoms with E-state index in [1.165, 1.54) is 0 Å². The number of urea groups is 1. The molecule has 0 aromatic heterocycles. The second-order valence-electron chi connectivity index (χ2n) is 6.29. The predicted molar refractivity (Wildman–Crippen MR) is 103 cm³/mol. The second kappa shape index (κ2) is 10.5. The van der Waals surface area contributed by atoms with Crippen LogP contribution >= 0.6 is 0 Å². The molecule has 25 heavy (non-hydrogen) atoms. The lowest BCUT2D eigenvalue weighted by molar-refractivity contribution is 0.235. The predicted octanol–water partition coefficient (Wildman–Crippen LogP) is 0.648. The molecule has 1 rings (SSSR count). The van der Waals surface area contributed by atoms with Gasteiger partial charge in [-0.1, -0.05) is 19.9 Å². The standard InChI is InChI=1S/C18H32N6O/c1-12(2)13(3)24-18(25)22-7-5-6-16-17(21-4)8-14(11-23-16)15(9-19)10-20/h5-6,8-9,12-13,21,23H,7,10-11,19-20H2,1-4H3,(H2,22,24,25)/b6-5-,15-9+. The SMILES string of the molecule is CNC1=C(/C=C\CNC(=O)NC(C)C(C)C)NCC(/C(=C/N)CN)=C1. The van der Waals surface area contributed by atoms with Gasteiger partial charge in [0, 0.05) is 32.7 Å². The smallest absolute Gasteiger partial charge is 0.315 e. The van der Waals surface area contributed by atoms with E-state index in [0.29, 0.717) is 25.6 Å². The highest BCUT2D eigenvalue weighted by Crippen LogP contribution is 2.16.